The number of ether oxygens (including phenoxy) is 1. The van der Waals surface area contributed by atoms with Gasteiger partial charge in [-0.15, -0.1) is 0 Å². The smallest absolute Gasteiger partial charge is 0.310 e. The third kappa shape index (κ3) is 6.33. The van der Waals surface area contributed by atoms with Gasteiger partial charge in [0.2, 0.25) is 11.8 Å². The van der Waals surface area contributed by atoms with Gasteiger partial charge in [-0.3, -0.25) is 14.4 Å². The fourth-order valence-electron chi connectivity index (χ4n) is 3.66. The minimum absolute atomic E-state index is 0.0417. The van der Waals surface area contributed by atoms with Gasteiger partial charge >= 0.3 is 5.97 Å². The lowest BCUT2D eigenvalue weighted by Crippen LogP contribution is -2.48. The van der Waals surface area contributed by atoms with Crippen molar-refractivity contribution in [3.63, 3.8) is 0 Å². The van der Waals surface area contributed by atoms with Gasteiger partial charge in [0.05, 0.1) is 12.5 Å². The van der Waals surface area contributed by atoms with E-state index in [1.807, 2.05) is 20.8 Å². The van der Waals surface area contributed by atoms with Crippen LogP contribution in [-0.4, -0.2) is 42.4 Å². The van der Waals surface area contributed by atoms with E-state index in [4.69, 9.17) is 10.5 Å². The van der Waals surface area contributed by atoms with Crippen molar-refractivity contribution in [2.75, 3.05) is 19.7 Å². The summed E-state index contributed by atoms with van der Waals surface area (Å²) in [5.74, 6) is -1.50. The monoisotopic (exact) mass is 354 g/mol. The molecular formula is C19H34N2O4. The van der Waals surface area contributed by atoms with E-state index in [1.165, 1.54) is 0 Å². The fraction of sp³-hybridized carbons (Fsp3) is 0.842. The second-order valence-corrected chi connectivity index (χ2v) is 7.41. The number of rotatable bonds is 9. The summed E-state index contributed by atoms with van der Waals surface area (Å²) in [6.07, 6.45) is 3.58. The summed E-state index contributed by atoms with van der Waals surface area (Å²) in [5.41, 5.74) is 5.60. The zero-order chi connectivity index (χ0) is 19.0. The summed E-state index contributed by atoms with van der Waals surface area (Å²) >= 11 is 0. The molecule has 0 saturated carbocycles. The van der Waals surface area contributed by atoms with E-state index in [0.29, 0.717) is 38.5 Å². The second kappa shape index (κ2) is 10.4. The minimum Gasteiger partial charge on any atom is -0.466 e. The van der Waals surface area contributed by atoms with Crippen molar-refractivity contribution >= 4 is 17.8 Å². The number of likely N-dealkylation sites (tertiary alicyclic amines) is 1. The Morgan fingerprint density at radius 3 is 2.40 bits per heavy atom. The van der Waals surface area contributed by atoms with E-state index in [1.54, 1.807) is 11.8 Å². The predicted octanol–water partition coefficient (Wildman–Crippen LogP) is 2.35. The molecule has 0 bridgehead atoms. The van der Waals surface area contributed by atoms with E-state index < -0.39 is 17.7 Å². The number of hydrogen-bond acceptors (Lipinski definition) is 4. The Balaban J connectivity index is 2.91. The van der Waals surface area contributed by atoms with Crippen molar-refractivity contribution in [2.45, 2.75) is 59.8 Å². The predicted molar refractivity (Wildman–Crippen MR) is 96.5 cm³/mol. The highest BCUT2D eigenvalue weighted by Gasteiger charge is 2.37. The quantitative estimate of drug-likeness (QED) is 0.644. The molecule has 1 rings (SSSR count). The summed E-state index contributed by atoms with van der Waals surface area (Å²) in [7, 11) is 0. The first kappa shape index (κ1) is 21.5. The third-order valence-corrected chi connectivity index (χ3v) is 4.85. The van der Waals surface area contributed by atoms with Crippen molar-refractivity contribution in [3.05, 3.63) is 0 Å². The number of nitrogens with zero attached hydrogens (tertiary/aromatic N) is 1. The Labute approximate surface area is 151 Å². The number of hydrogen-bond donors (Lipinski definition) is 1. The minimum atomic E-state index is -0.442. The Kier molecular flexibility index (Phi) is 8.93. The van der Waals surface area contributed by atoms with Crippen LogP contribution in [0.1, 0.15) is 59.8 Å². The first-order valence-electron chi connectivity index (χ1n) is 9.56. The van der Waals surface area contributed by atoms with Gasteiger partial charge in [0.15, 0.2) is 0 Å². The highest BCUT2D eigenvalue weighted by atomic mass is 16.5. The van der Waals surface area contributed by atoms with Crippen LogP contribution in [0.3, 0.4) is 0 Å². The molecule has 2 N–H and O–H groups in total. The van der Waals surface area contributed by atoms with Crippen molar-refractivity contribution in [3.8, 4) is 0 Å². The average molecular weight is 354 g/mol. The van der Waals surface area contributed by atoms with Gasteiger partial charge in [-0.05, 0) is 38.5 Å². The van der Waals surface area contributed by atoms with Crippen molar-refractivity contribution in [2.24, 2.45) is 29.4 Å². The molecule has 0 aromatic carbocycles. The molecule has 0 aromatic rings. The summed E-state index contributed by atoms with van der Waals surface area (Å²) < 4.78 is 5.11. The van der Waals surface area contributed by atoms with Crippen LogP contribution >= 0.6 is 0 Å². The lowest BCUT2D eigenvalue weighted by atomic mass is 9.80. The number of amides is 2. The SMILES string of the molecule is CCCC(C(N)=O)C(CC(C)C)C(=O)N1CCCC(C(=O)OCC)C1. The molecule has 1 saturated heterocycles. The van der Waals surface area contributed by atoms with Crippen LogP contribution in [0.4, 0.5) is 0 Å². The largest absolute Gasteiger partial charge is 0.466 e. The van der Waals surface area contributed by atoms with Gasteiger partial charge in [-0.1, -0.05) is 27.2 Å². The van der Waals surface area contributed by atoms with Crippen molar-refractivity contribution in [1.29, 1.82) is 0 Å². The van der Waals surface area contributed by atoms with E-state index in [0.717, 1.165) is 19.3 Å². The molecule has 3 unspecified atom stereocenters. The highest BCUT2D eigenvalue weighted by molar-refractivity contribution is 5.87. The fourth-order valence-corrected chi connectivity index (χ4v) is 3.66. The number of esters is 1. The van der Waals surface area contributed by atoms with Gasteiger partial charge < -0.3 is 15.4 Å². The summed E-state index contributed by atoms with van der Waals surface area (Å²) in [6, 6.07) is 0. The van der Waals surface area contributed by atoms with Crippen molar-refractivity contribution in [1.82, 2.24) is 4.90 Å². The van der Waals surface area contributed by atoms with Crippen LogP contribution in [-0.2, 0) is 19.1 Å². The molecule has 6 heteroatoms. The van der Waals surface area contributed by atoms with Crippen LogP contribution in [0.25, 0.3) is 0 Å². The molecule has 1 aliphatic heterocycles. The van der Waals surface area contributed by atoms with Gasteiger partial charge in [-0.25, -0.2) is 0 Å². The number of nitrogens with two attached hydrogens (primary N) is 1. The molecule has 25 heavy (non-hydrogen) atoms. The number of carbonyl (C=O) groups excluding carboxylic acids is 3. The van der Waals surface area contributed by atoms with Gasteiger partial charge in [0.1, 0.15) is 0 Å². The summed E-state index contributed by atoms with van der Waals surface area (Å²) in [4.78, 5) is 38.8. The van der Waals surface area contributed by atoms with E-state index in [-0.39, 0.29) is 17.8 Å². The molecule has 1 aliphatic rings. The van der Waals surface area contributed by atoms with E-state index in [9.17, 15) is 14.4 Å². The third-order valence-electron chi connectivity index (χ3n) is 4.85. The van der Waals surface area contributed by atoms with Gasteiger partial charge in [0, 0.05) is 24.9 Å². The van der Waals surface area contributed by atoms with Crippen LogP contribution in [0.5, 0.6) is 0 Å². The zero-order valence-corrected chi connectivity index (χ0v) is 16.1. The molecule has 3 atom stereocenters. The number of piperidine rings is 1. The standard InChI is InChI=1S/C19H34N2O4/c1-5-8-15(17(20)22)16(11-13(3)4)18(23)21-10-7-9-14(12-21)19(24)25-6-2/h13-16H,5-12H2,1-4H3,(H2,20,22). The average Bonchev–Trinajstić information content (AvgIpc) is 2.57. The maximum Gasteiger partial charge on any atom is 0.310 e. The topological polar surface area (TPSA) is 89.7 Å². The van der Waals surface area contributed by atoms with Crippen LogP contribution in [0.15, 0.2) is 0 Å². The van der Waals surface area contributed by atoms with E-state index in [2.05, 4.69) is 0 Å². The Bertz CT molecular complexity index is 464. The van der Waals surface area contributed by atoms with Crippen LogP contribution in [0.2, 0.25) is 0 Å². The number of carbonyl (C=O) groups is 3. The summed E-state index contributed by atoms with van der Waals surface area (Å²) in [6.45, 7) is 9.21. The molecule has 2 amide bonds. The number of primary amides is 1. The Morgan fingerprint density at radius 2 is 1.88 bits per heavy atom. The lowest BCUT2D eigenvalue weighted by molar-refractivity contribution is -0.153. The first-order chi connectivity index (χ1) is 11.8. The molecular weight excluding hydrogens is 320 g/mol. The highest BCUT2D eigenvalue weighted by Crippen LogP contribution is 2.29. The zero-order valence-electron chi connectivity index (χ0n) is 16.1. The van der Waals surface area contributed by atoms with Gasteiger partial charge in [0.25, 0.3) is 0 Å². The molecule has 0 aliphatic carbocycles. The van der Waals surface area contributed by atoms with Crippen LogP contribution < -0.4 is 5.73 Å². The maximum absolute atomic E-state index is 13.1. The van der Waals surface area contributed by atoms with Crippen molar-refractivity contribution < 1.29 is 19.1 Å². The second-order valence-electron chi connectivity index (χ2n) is 7.41. The molecule has 0 aromatic heterocycles. The van der Waals surface area contributed by atoms with Gasteiger partial charge in [-0.2, -0.15) is 0 Å². The molecule has 1 fully saturated rings. The molecule has 0 radical (unpaired) electrons. The molecule has 6 nitrogen and oxygen atoms in total. The lowest BCUT2D eigenvalue weighted by Gasteiger charge is -2.36. The Morgan fingerprint density at radius 1 is 1.20 bits per heavy atom. The maximum atomic E-state index is 13.1. The van der Waals surface area contributed by atoms with E-state index >= 15 is 0 Å². The first-order valence-corrected chi connectivity index (χ1v) is 9.56. The van der Waals surface area contributed by atoms with Crippen LogP contribution in [0, 0.1) is 23.7 Å². The molecule has 0 spiro atoms. The molecule has 144 valence electrons. The molecule has 1 heterocycles. The summed E-state index contributed by atoms with van der Waals surface area (Å²) in [5, 5.41) is 0. The Hall–Kier alpha value is -1.59. The normalized spacial score (nSPS) is 20.2.